The van der Waals surface area contributed by atoms with Crippen molar-refractivity contribution in [3.05, 3.63) is 81.4 Å². The van der Waals surface area contributed by atoms with Crippen molar-refractivity contribution in [3.8, 4) is 5.75 Å². The number of hydrogen-bond donors (Lipinski definition) is 1. The third-order valence-corrected chi connectivity index (χ3v) is 6.74. The zero-order valence-electron chi connectivity index (χ0n) is 20.8. The summed E-state index contributed by atoms with van der Waals surface area (Å²) in [4.78, 5) is 18.2. The lowest BCUT2D eigenvalue weighted by atomic mass is 10.1. The van der Waals surface area contributed by atoms with Gasteiger partial charge in [0.2, 0.25) is 0 Å². The molecule has 1 atom stereocenters. The Hall–Kier alpha value is -3.56. The first-order valence-electron chi connectivity index (χ1n) is 12.5. The van der Waals surface area contributed by atoms with Crippen LogP contribution < -0.4 is 10.3 Å². The SMILES string of the molecule is CCc1ccc2[nH]c(=O)c(CN(Cc3nnnn3Cc3ccc(OC)cc3)CC3CCCO3)cc2c1. The van der Waals surface area contributed by atoms with E-state index in [2.05, 4.69) is 44.5 Å². The highest BCUT2D eigenvalue weighted by Crippen LogP contribution is 2.19. The van der Waals surface area contributed by atoms with Crippen LogP contribution in [0, 0.1) is 0 Å². The Morgan fingerprint density at radius 1 is 1.14 bits per heavy atom. The lowest BCUT2D eigenvalue weighted by Gasteiger charge is -2.24. The molecule has 1 aliphatic heterocycles. The van der Waals surface area contributed by atoms with E-state index < -0.39 is 0 Å². The lowest BCUT2D eigenvalue weighted by Crippen LogP contribution is -2.34. The van der Waals surface area contributed by atoms with Crippen molar-refractivity contribution in [2.75, 3.05) is 20.3 Å². The zero-order valence-corrected chi connectivity index (χ0v) is 20.8. The van der Waals surface area contributed by atoms with E-state index in [1.165, 1.54) is 5.56 Å². The van der Waals surface area contributed by atoms with Crippen LogP contribution in [-0.2, 0) is 30.8 Å². The summed E-state index contributed by atoms with van der Waals surface area (Å²) in [6.45, 7) is 5.17. The van der Waals surface area contributed by atoms with E-state index in [1.54, 1.807) is 7.11 Å². The second-order valence-electron chi connectivity index (χ2n) is 9.30. The van der Waals surface area contributed by atoms with E-state index in [-0.39, 0.29) is 11.7 Å². The normalized spacial score (nSPS) is 15.7. The average molecular weight is 489 g/mol. The fraction of sp³-hybridized carbons (Fsp3) is 0.407. The van der Waals surface area contributed by atoms with Gasteiger partial charge in [-0.15, -0.1) is 5.10 Å². The number of aryl methyl sites for hydroxylation is 1. The summed E-state index contributed by atoms with van der Waals surface area (Å²) in [6.07, 6.45) is 3.17. The van der Waals surface area contributed by atoms with E-state index in [0.29, 0.717) is 26.2 Å². The topological polar surface area (TPSA) is 98.2 Å². The number of H-pyrrole nitrogens is 1. The van der Waals surface area contributed by atoms with Crippen LogP contribution in [0.1, 0.15) is 42.3 Å². The third-order valence-electron chi connectivity index (χ3n) is 6.74. The molecule has 2 aromatic carbocycles. The number of hydrogen-bond acceptors (Lipinski definition) is 7. The Kier molecular flexibility index (Phi) is 7.39. The monoisotopic (exact) mass is 488 g/mol. The van der Waals surface area contributed by atoms with Crippen molar-refractivity contribution in [2.45, 2.75) is 51.9 Å². The van der Waals surface area contributed by atoms with Crippen LogP contribution in [0.25, 0.3) is 10.9 Å². The average Bonchev–Trinajstić information content (AvgIpc) is 3.57. The molecular formula is C27H32N6O3. The van der Waals surface area contributed by atoms with Crippen molar-refractivity contribution in [2.24, 2.45) is 0 Å². The van der Waals surface area contributed by atoms with Crippen molar-refractivity contribution < 1.29 is 9.47 Å². The van der Waals surface area contributed by atoms with Gasteiger partial charge in [0, 0.05) is 30.8 Å². The molecule has 1 fully saturated rings. The summed E-state index contributed by atoms with van der Waals surface area (Å²) in [5, 5.41) is 13.5. The van der Waals surface area contributed by atoms with Crippen LogP contribution in [0.4, 0.5) is 0 Å². The van der Waals surface area contributed by atoms with Crippen LogP contribution in [0.5, 0.6) is 5.75 Å². The Morgan fingerprint density at radius 3 is 2.72 bits per heavy atom. The number of benzene rings is 2. The van der Waals surface area contributed by atoms with Gasteiger partial charge >= 0.3 is 0 Å². The fourth-order valence-electron chi connectivity index (χ4n) is 4.70. The summed E-state index contributed by atoms with van der Waals surface area (Å²) < 4.78 is 13.0. The molecule has 5 rings (SSSR count). The fourth-order valence-corrected chi connectivity index (χ4v) is 4.70. The summed E-state index contributed by atoms with van der Waals surface area (Å²) >= 11 is 0. The first-order valence-corrected chi connectivity index (χ1v) is 12.5. The molecule has 0 amide bonds. The largest absolute Gasteiger partial charge is 0.497 e. The summed E-state index contributed by atoms with van der Waals surface area (Å²) in [5.74, 6) is 1.55. The maximum absolute atomic E-state index is 13.0. The maximum Gasteiger partial charge on any atom is 0.252 e. The minimum absolute atomic E-state index is 0.0677. The molecule has 0 radical (unpaired) electrons. The highest BCUT2D eigenvalue weighted by Gasteiger charge is 2.22. The Labute approximate surface area is 210 Å². The van der Waals surface area contributed by atoms with Gasteiger partial charge in [0.15, 0.2) is 5.82 Å². The number of nitrogens with zero attached hydrogens (tertiary/aromatic N) is 5. The van der Waals surface area contributed by atoms with Gasteiger partial charge in [-0.3, -0.25) is 9.69 Å². The number of methoxy groups -OCH3 is 1. The quantitative estimate of drug-likeness (QED) is 0.366. The summed E-state index contributed by atoms with van der Waals surface area (Å²) in [6, 6.07) is 16.1. The van der Waals surface area contributed by atoms with Crippen molar-refractivity contribution in [3.63, 3.8) is 0 Å². The van der Waals surface area contributed by atoms with Crippen LogP contribution in [-0.4, -0.2) is 56.5 Å². The smallest absolute Gasteiger partial charge is 0.252 e. The highest BCUT2D eigenvalue weighted by molar-refractivity contribution is 5.79. The number of tetrazole rings is 1. The molecule has 1 unspecified atom stereocenters. The van der Waals surface area contributed by atoms with E-state index >= 15 is 0 Å². The number of pyridine rings is 1. The Bertz CT molecular complexity index is 1360. The van der Waals surface area contributed by atoms with E-state index in [9.17, 15) is 4.79 Å². The van der Waals surface area contributed by atoms with Crippen LogP contribution >= 0.6 is 0 Å². The third kappa shape index (κ3) is 5.63. The van der Waals surface area contributed by atoms with Gasteiger partial charge in [0.05, 0.1) is 26.3 Å². The molecule has 1 aliphatic rings. The van der Waals surface area contributed by atoms with Crippen LogP contribution in [0.15, 0.2) is 53.3 Å². The minimum Gasteiger partial charge on any atom is -0.497 e. The predicted octanol–water partition coefficient (Wildman–Crippen LogP) is 3.32. The van der Waals surface area contributed by atoms with E-state index in [0.717, 1.165) is 59.5 Å². The van der Waals surface area contributed by atoms with Crippen molar-refractivity contribution in [1.82, 2.24) is 30.1 Å². The summed E-state index contributed by atoms with van der Waals surface area (Å²) in [7, 11) is 1.65. The van der Waals surface area contributed by atoms with Gasteiger partial charge < -0.3 is 14.5 Å². The van der Waals surface area contributed by atoms with Gasteiger partial charge in [0.1, 0.15) is 5.75 Å². The van der Waals surface area contributed by atoms with E-state index in [4.69, 9.17) is 9.47 Å². The molecule has 0 bridgehead atoms. The second-order valence-corrected chi connectivity index (χ2v) is 9.30. The Morgan fingerprint density at radius 2 is 1.97 bits per heavy atom. The molecule has 0 spiro atoms. The second kappa shape index (κ2) is 11.0. The zero-order chi connectivity index (χ0) is 24.9. The molecule has 1 saturated heterocycles. The van der Waals surface area contributed by atoms with E-state index in [1.807, 2.05) is 41.1 Å². The van der Waals surface area contributed by atoms with Gasteiger partial charge in [0.25, 0.3) is 5.56 Å². The lowest BCUT2D eigenvalue weighted by molar-refractivity contribution is 0.0663. The maximum atomic E-state index is 13.0. The van der Waals surface area contributed by atoms with Gasteiger partial charge in [-0.05, 0) is 76.5 Å². The summed E-state index contributed by atoms with van der Waals surface area (Å²) in [5.41, 5.74) is 3.84. The van der Waals surface area contributed by atoms with Crippen LogP contribution in [0.3, 0.4) is 0 Å². The predicted molar refractivity (Wildman–Crippen MR) is 137 cm³/mol. The molecular weight excluding hydrogens is 456 g/mol. The van der Waals surface area contributed by atoms with Gasteiger partial charge in [-0.1, -0.05) is 25.1 Å². The molecule has 36 heavy (non-hydrogen) atoms. The Balaban J connectivity index is 1.38. The molecule has 1 N–H and O–H groups in total. The highest BCUT2D eigenvalue weighted by atomic mass is 16.5. The molecule has 9 heteroatoms. The number of ether oxygens (including phenoxy) is 2. The molecule has 9 nitrogen and oxygen atoms in total. The van der Waals surface area contributed by atoms with Gasteiger partial charge in [-0.25, -0.2) is 4.68 Å². The first kappa shape index (κ1) is 24.1. The first-order chi connectivity index (χ1) is 17.6. The number of nitrogens with one attached hydrogen (secondary N) is 1. The standard InChI is InChI=1S/C27H32N6O3/c1-3-19-8-11-25-21(13-19)14-22(27(34)28-25)16-32(17-24-5-4-12-36-24)18-26-29-30-31-33(26)15-20-6-9-23(35-2)10-7-20/h6-11,13-14,24H,3-5,12,15-18H2,1-2H3,(H,28,34). The number of aromatic amines is 1. The molecule has 0 saturated carbocycles. The minimum atomic E-state index is -0.0677. The van der Waals surface area contributed by atoms with Crippen molar-refractivity contribution in [1.29, 1.82) is 0 Å². The van der Waals surface area contributed by atoms with Gasteiger partial charge in [-0.2, -0.15) is 0 Å². The van der Waals surface area contributed by atoms with Crippen molar-refractivity contribution >= 4 is 10.9 Å². The van der Waals surface area contributed by atoms with Crippen LogP contribution in [0.2, 0.25) is 0 Å². The molecule has 2 aromatic heterocycles. The molecule has 0 aliphatic carbocycles. The molecule has 188 valence electrons. The number of fused-ring (bicyclic) bond motifs is 1. The molecule has 4 aromatic rings. The molecule has 3 heterocycles. The number of aromatic nitrogens is 5. The number of rotatable bonds is 10.